The molecule has 0 saturated heterocycles. The smallest absolute Gasteiger partial charge is 0.228 e. The van der Waals surface area contributed by atoms with E-state index >= 15 is 0 Å². The van der Waals surface area contributed by atoms with Crippen LogP contribution < -0.4 is 10.1 Å². The van der Waals surface area contributed by atoms with Crippen LogP contribution >= 0.6 is 15.9 Å². The third-order valence-electron chi connectivity index (χ3n) is 2.98. The Kier molecular flexibility index (Phi) is 3.41. The summed E-state index contributed by atoms with van der Waals surface area (Å²) in [6.45, 7) is 8.33. The molecule has 3 nitrogen and oxygen atoms in total. The number of carbonyl (C=O) groups is 1. The predicted molar refractivity (Wildman–Crippen MR) is 76.2 cm³/mol. The van der Waals surface area contributed by atoms with Crippen molar-refractivity contribution in [3.8, 4) is 5.75 Å². The van der Waals surface area contributed by atoms with Crippen LogP contribution in [0.15, 0.2) is 16.6 Å². The van der Waals surface area contributed by atoms with Gasteiger partial charge in [-0.15, -0.1) is 0 Å². The van der Waals surface area contributed by atoms with Crippen LogP contribution in [0.3, 0.4) is 0 Å². The highest BCUT2D eigenvalue weighted by molar-refractivity contribution is 9.10. The van der Waals surface area contributed by atoms with Crippen LogP contribution in [-0.2, 0) is 10.2 Å². The molecule has 1 heterocycles. The number of nitrogens with one attached hydrogen (secondary N) is 1. The summed E-state index contributed by atoms with van der Waals surface area (Å²) in [5.74, 6) is 0.723. The van der Waals surface area contributed by atoms with E-state index in [1.807, 2.05) is 13.0 Å². The number of ether oxygens (including phenoxy) is 1. The van der Waals surface area contributed by atoms with E-state index in [1.165, 1.54) is 0 Å². The Balaban J connectivity index is 2.53. The number of amides is 1. The molecule has 2 rings (SSSR count). The molecule has 1 aromatic rings. The summed E-state index contributed by atoms with van der Waals surface area (Å²) in [4.78, 5) is 11.7. The van der Waals surface area contributed by atoms with Gasteiger partial charge in [0, 0.05) is 0 Å². The Morgan fingerprint density at radius 3 is 2.67 bits per heavy atom. The van der Waals surface area contributed by atoms with Crippen LogP contribution in [0.2, 0.25) is 0 Å². The molecule has 0 radical (unpaired) electrons. The Bertz CT molecular complexity index is 491. The van der Waals surface area contributed by atoms with E-state index in [0.29, 0.717) is 6.42 Å². The molecule has 0 aliphatic carbocycles. The number of hydrogen-bond donors (Lipinski definition) is 1. The third-order valence-corrected chi connectivity index (χ3v) is 3.56. The second-order valence-electron chi connectivity index (χ2n) is 5.77. The number of benzene rings is 1. The second-order valence-corrected chi connectivity index (χ2v) is 6.62. The predicted octanol–water partition coefficient (Wildman–Crippen LogP) is 3.86. The van der Waals surface area contributed by atoms with Gasteiger partial charge in [-0.2, -0.15) is 0 Å². The summed E-state index contributed by atoms with van der Waals surface area (Å²) in [5.41, 5.74) is 1.94. The topological polar surface area (TPSA) is 38.3 Å². The van der Waals surface area contributed by atoms with Crippen molar-refractivity contribution in [1.29, 1.82) is 0 Å². The standard InChI is InChI=1S/C14H18BrNO2/c1-8-5-12(17)16-11-7-9(14(2,3)4)6-10(15)13(11)18-8/h6-8H,5H2,1-4H3,(H,16,17). The summed E-state index contributed by atoms with van der Waals surface area (Å²) in [7, 11) is 0. The third kappa shape index (κ3) is 2.69. The van der Waals surface area contributed by atoms with Crippen LogP contribution in [0, 0.1) is 0 Å². The number of carbonyl (C=O) groups excluding carboxylic acids is 1. The van der Waals surface area contributed by atoms with Crippen molar-refractivity contribution >= 4 is 27.5 Å². The van der Waals surface area contributed by atoms with E-state index in [2.05, 4.69) is 48.1 Å². The van der Waals surface area contributed by atoms with Gasteiger partial charge in [0.05, 0.1) is 16.6 Å². The number of rotatable bonds is 0. The zero-order valence-electron chi connectivity index (χ0n) is 11.1. The summed E-state index contributed by atoms with van der Waals surface area (Å²) in [5, 5.41) is 2.91. The molecule has 0 saturated carbocycles. The van der Waals surface area contributed by atoms with Crippen LogP contribution in [-0.4, -0.2) is 12.0 Å². The molecule has 1 N–H and O–H groups in total. The van der Waals surface area contributed by atoms with Gasteiger partial charge in [-0.3, -0.25) is 4.79 Å². The van der Waals surface area contributed by atoms with Crippen LogP contribution in [0.1, 0.15) is 39.7 Å². The monoisotopic (exact) mass is 311 g/mol. The molecule has 0 aromatic heterocycles. The Hall–Kier alpha value is -1.03. The van der Waals surface area contributed by atoms with Gasteiger partial charge in [0.2, 0.25) is 5.91 Å². The molecule has 1 aliphatic rings. The SMILES string of the molecule is CC1CC(=O)Nc2cc(C(C)(C)C)cc(Br)c2O1. The lowest BCUT2D eigenvalue weighted by Crippen LogP contribution is -2.17. The molecule has 1 aliphatic heterocycles. The van der Waals surface area contributed by atoms with Crippen molar-refractivity contribution in [1.82, 2.24) is 0 Å². The number of fused-ring (bicyclic) bond motifs is 1. The van der Waals surface area contributed by atoms with Crippen molar-refractivity contribution in [2.24, 2.45) is 0 Å². The fraction of sp³-hybridized carbons (Fsp3) is 0.500. The maximum Gasteiger partial charge on any atom is 0.228 e. The molecule has 4 heteroatoms. The lowest BCUT2D eigenvalue weighted by atomic mass is 9.87. The van der Waals surface area contributed by atoms with Crippen LogP contribution in [0.4, 0.5) is 5.69 Å². The van der Waals surface area contributed by atoms with E-state index < -0.39 is 0 Å². The lowest BCUT2D eigenvalue weighted by Gasteiger charge is -2.22. The summed E-state index contributed by atoms with van der Waals surface area (Å²) in [6, 6.07) is 4.05. The minimum Gasteiger partial charge on any atom is -0.487 e. The van der Waals surface area contributed by atoms with Gasteiger partial charge >= 0.3 is 0 Å². The van der Waals surface area contributed by atoms with Gasteiger partial charge < -0.3 is 10.1 Å². The molecule has 0 bridgehead atoms. The molecule has 18 heavy (non-hydrogen) atoms. The number of hydrogen-bond acceptors (Lipinski definition) is 2. The van der Waals surface area contributed by atoms with E-state index in [0.717, 1.165) is 21.5 Å². The molecular formula is C14H18BrNO2. The first-order valence-corrected chi connectivity index (χ1v) is 6.87. The Morgan fingerprint density at radius 1 is 1.39 bits per heavy atom. The average Bonchev–Trinajstić information content (AvgIpc) is 2.34. The first-order valence-electron chi connectivity index (χ1n) is 6.08. The van der Waals surface area contributed by atoms with E-state index in [4.69, 9.17) is 4.74 Å². The Labute approximate surface area is 116 Å². The van der Waals surface area contributed by atoms with Crippen molar-refractivity contribution in [3.05, 3.63) is 22.2 Å². The first-order chi connectivity index (χ1) is 8.27. The van der Waals surface area contributed by atoms with Crippen LogP contribution in [0.5, 0.6) is 5.75 Å². The first kappa shape index (κ1) is 13.4. The van der Waals surface area contributed by atoms with Gasteiger partial charge in [0.25, 0.3) is 0 Å². The van der Waals surface area contributed by atoms with Crippen LogP contribution in [0.25, 0.3) is 0 Å². The molecule has 98 valence electrons. The van der Waals surface area contributed by atoms with E-state index in [-0.39, 0.29) is 17.4 Å². The van der Waals surface area contributed by atoms with Gasteiger partial charge in [-0.25, -0.2) is 0 Å². The van der Waals surface area contributed by atoms with Crippen molar-refractivity contribution in [2.75, 3.05) is 5.32 Å². The zero-order valence-corrected chi connectivity index (χ0v) is 12.7. The molecule has 1 aromatic carbocycles. The van der Waals surface area contributed by atoms with Gasteiger partial charge in [-0.1, -0.05) is 20.8 Å². The fourth-order valence-corrected chi connectivity index (χ4v) is 2.50. The minimum atomic E-state index is -0.108. The van der Waals surface area contributed by atoms with Crippen molar-refractivity contribution in [2.45, 2.75) is 45.6 Å². The largest absolute Gasteiger partial charge is 0.487 e. The lowest BCUT2D eigenvalue weighted by molar-refractivity contribution is -0.117. The molecule has 1 unspecified atom stereocenters. The molecule has 1 atom stereocenters. The molecule has 1 amide bonds. The quantitative estimate of drug-likeness (QED) is 0.790. The van der Waals surface area contributed by atoms with Gasteiger partial charge in [0.1, 0.15) is 6.10 Å². The normalized spacial score (nSPS) is 19.6. The zero-order chi connectivity index (χ0) is 13.5. The number of anilines is 1. The second kappa shape index (κ2) is 4.57. The summed E-state index contributed by atoms with van der Waals surface area (Å²) < 4.78 is 6.68. The van der Waals surface area contributed by atoms with Crippen molar-refractivity contribution in [3.63, 3.8) is 0 Å². The average molecular weight is 312 g/mol. The molecule has 0 spiro atoms. The maximum atomic E-state index is 11.7. The van der Waals surface area contributed by atoms with Crippen molar-refractivity contribution < 1.29 is 9.53 Å². The van der Waals surface area contributed by atoms with E-state index in [9.17, 15) is 4.79 Å². The molecular weight excluding hydrogens is 294 g/mol. The highest BCUT2D eigenvalue weighted by Gasteiger charge is 2.24. The fourth-order valence-electron chi connectivity index (χ4n) is 1.94. The van der Waals surface area contributed by atoms with Gasteiger partial charge in [0.15, 0.2) is 5.75 Å². The maximum absolute atomic E-state index is 11.7. The highest BCUT2D eigenvalue weighted by atomic mass is 79.9. The number of halogens is 1. The summed E-state index contributed by atoms with van der Waals surface area (Å²) in [6.07, 6.45) is 0.273. The minimum absolute atomic E-state index is 0.000732. The summed E-state index contributed by atoms with van der Waals surface area (Å²) >= 11 is 3.53. The molecule has 0 fully saturated rings. The Morgan fingerprint density at radius 2 is 2.06 bits per heavy atom. The van der Waals surface area contributed by atoms with Gasteiger partial charge in [-0.05, 0) is 46.0 Å². The highest BCUT2D eigenvalue weighted by Crippen LogP contribution is 2.40. The van der Waals surface area contributed by atoms with E-state index in [1.54, 1.807) is 0 Å².